The van der Waals surface area contributed by atoms with Gasteiger partial charge in [-0.05, 0) is 42.0 Å². The van der Waals surface area contributed by atoms with Crippen LogP contribution in [0.5, 0.6) is 0 Å². The maximum Gasteiger partial charge on any atom is 0.426 e. The van der Waals surface area contributed by atoms with Crippen LogP contribution < -0.4 is 5.32 Å². The minimum absolute atomic E-state index is 0.109. The highest BCUT2D eigenvalue weighted by Gasteiger charge is 2.44. The lowest BCUT2D eigenvalue weighted by Crippen LogP contribution is -2.48. The highest BCUT2D eigenvalue weighted by molar-refractivity contribution is 6.30. The summed E-state index contributed by atoms with van der Waals surface area (Å²) >= 11 is 5.74. The molecule has 30 heavy (non-hydrogen) atoms. The molecule has 162 valence electrons. The summed E-state index contributed by atoms with van der Waals surface area (Å²) < 4.78 is 64.1. The zero-order chi connectivity index (χ0) is 21.7. The van der Waals surface area contributed by atoms with Crippen molar-refractivity contribution in [2.45, 2.75) is 18.4 Å². The van der Waals surface area contributed by atoms with Gasteiger partial charge in [0.1, 0.15) is 5.82 Å². The number of nitrogens with one attached hydrogen (secondary N) is 1. The Kier molecular flexibility index (Phi) is 7.17. The summed E-state index contributed by atoms with van der Waals surface area (Å²) in [7, 11) is 0. The Labute approximate surface area is 175 Å². The summed E-state index contributed by atoms with van der Waals surface area (Å²) in [6.07, 6.45) is -8.90. The summed E-state index contributed by atoms with van der Waals surface area (Å²) in [6.45, 7) is -0.0613. The van der Waals surface area contributed by atoms with Crippen molar-refractivity contribution in [1.29, 1.82) is 0 Å². The monoisotopic (exact) mass is 446 g/mol. The van der Waals surface area contributed by atoms with Crippen molar-refractivity contribution in [2.24, 2.45) is 0 Å². The Hall–Kier alpha value is -2.36. The molecule has 0 aromatic heterocycles. The number of nitrogens with zero attached hydrogens (tertiary/aromatic N) is 1. The van der Waals surface area contributed by atoms with Crippen LogP contribution in [0.1, 0.15) is 11.7 Å². The first-order valence-electron chi connectivity index (χ1n) is 9.10. The number of rotatable bonds is 5. The lowest BCUT2D eigenvalue weighted by molar-refractivity contribution is -0.209. The zero-order valence-corrected chi connectivity index (χ0v) is 16.4. The Balaban J connectivity index is 1.62. The Bertz CT molecular complexity index is 864. The first-order valence-corrected chi connectivity index (χ1v) is 9.48. The molecule has 0 bridgehead atoms. The minimum Gasteiger partial charge on any atom is -0.435 e. The molecule has 5 nitrogen and oxygen atoms in total. The van der Waals surface area contributed by atoms with E-state index in [1.807, 2.05) is 0 Å². The van der Waals surface area contributed by atoms with Gasteiger partial charge in [0.05, 0.1) is 12.7 Å². The molecule has 1 saturated heterocycles. The average Bonchev–Trinajstić information content (AvgIpc) is 2.69. The number of anilines is 1. The molecule has 1 aliphatic heterocycles. The van der Waals surface area contributed by atoms with E-state index in [2.05, 4.69) is 10.1 Å². The molecule has 0 saturated carbocycles. The van der Waals surface area contributed by atoms with Gasteiger partial charge in [-0.25, -0.2) is 9.18 Å². The van der Waals surface area contributed by atoms with Crippen LogP contribution in [-0.2, 0) is 9.47 Å². The minimum atomic E-state index is -4.76. The number of alkyl halides is 3. The summed E-state index contributed by atoms with van der Waals surface area (Å²) in [5.41, 5.74) is 0.785. The van der Waals surface area contributed by atoms with Crippen LogP contribution in [0.4, 0.5) is 28.0 Å². The molecule has 2 atom stereocenters. The number of benzene rings is 2. The molecule has 0 radical (unpaired) electrons. The second-order valence-corrected chi connectivity index (χ2v) is 7.18. The van der Waals surface area contributed by atoms with Crippen molar-refractivity contribution in [2.75, 3.05) is 31.6 Å². The maximum atomic E-state index is 13.5. The van der Waals surface area contributed by atoms with E-state index in [0.29, 0.717) is 10.6 Å². The molecule has 0 spiro atoms. The van der Waals surface area contributed by atoms with Crippen molar-refractivity contribution in [1.82, 2.24) is 4.90 Å². The number of ether oxygens (including phenoxy) is 2. The topological polar surface area (TPSA) is 50.8 Å². The van der Waals surface area contributed by atoms with Crippen molar-refractivity contribution in [3.05, 3.63) is 64.9 Å². The van der Waals surface area contributed by atoms with Gasteiger partial charge < -0.3 is 9.47 Å². The standard InChI is InChI=1S/C20H19ClF4N2O3/c21-14-4-6-16(7-5-14)26-19(28)30-18(20(23,24)25)12-27-8-9-29-17(11-27)13-2-1-3-15(22)10-13/h1-7,10,17-18H,8-9,11-12H2,(H,26,28)/t17-,18?/m1/s1. The van der Waals surface area contributed by atoms with Crippen LogP contribution in [0.15, 0.2) is 48.5 Å². The maximum absolute atomic E-state index is 13.5. The van der Waals surface area contributed by atoms with E-state index in [0.717, 1.165) is 0 Å². The fourth-order valence-corrected chi connectivity index (χ4v) is 3.15. The Morgan fingerprint density at radius 1 is 1.27 bits per heavy atom. The fraction of sp³-hybridized carbons (Fsp3) is 0.350. The first-order chi connectivity index (χ1) is 14.2. The lowest BCUT2D eigenvalue weighted by Gasteiger charge is -2.35. The quantitative estimate of drug-likeness (QED) is 0.654. The molecular weight excluding hydrogens is 428 g/mol. The summed E-state index contributed by atoms with van der Waals surface area (Å²) in [5.74, 6) is -0.455. The first kappa shape index (κ1) is 22.3. The average molecular weight is 447 g/mol. The summed E-state index contributed by atoms with van der Waals surface area (Å²) in [4.78, 5) is 13.4. The molecule has 3 rings (SSSR count). The molecule has 1 aliphatic rings. The van der Waals surface area contributed by atoms with E-state index in [1.165, 1.54) is 47.4 Å². The van der Waals surface area contributed by atoms with E-state index >= 15 is 0 Å². The molecule has 1 fully saturated rings. The van der Waals surface area contributed by atoms with Gasteiger partial charge in [-0.1, -0.05) is 23.7 Å². The van der Waals surface area contributed by atoms with Crippen molar-refractivity contribution >= 4 is 23.4 Å². The molecule has 1 heterocycles. The van der Waals surface area contributed by atoms with E-state index in [1.54, 1.807) is 6.07 Å². The summed E-state index contributed by atoms with van der Waals surface area (Å²) in [5, 5.41) is 2.66. The number of morpholine rings is 1. The normalized spacial score (nSPS) is 18.6. The van der Waals surface area contributed by atoms with Gasteiger partial charge in [0.2, 0.25) is 6.10 Å². The van der Waals surface area contributed by atoms with E-state index in [-0.39, 0.29) is 25.4 Å². The predicted molar refractivity (Wildman–Crippen MR) is 103 cm³/mol. The molecule has 2 aromatic rings. The number of halogens is 5. The third-order valence-electron chi connectivity index (χ3n) is 4.50. The molecular formula is C20H19ClF4N2O3. The van der Waals surface area contributed by atoms with Gasteiger partial charge in [0, 0.05) is 30.3 Å². The molecule has 2 aromatic carbocycles. The molecule has 1 unspecified atom stereocenters. The highest BCUT2D eigenvalue weighted by atomic mass is 35.5. The molecule has 0 aliphatic carbocycles. The van der Waals surface area contributed by atoms with Gasteiger partial charge in [-0.2, -0.15) is 13.2 Å². The van der Waals surface area contributed by atoms with Crippen LogP contribution >= 0.6 is 11.6 Å². The van der Waals surface area contributed by atoms with E-state index in [9.17, 15) is 22.4 Å². The Morgan fingerprint density at radius 2 is 2.00 bits per heavy atom. The van der Waals surface area contributed by atoms with Gasteiger partial charge in [0.25, 0.3) is 0 Å². The lowest BCUT2D eigenvalue weighted by atomic mass is 10.1. The number of hydrogen-bond donors (Lipinski definition) is 1. The summed E-state index contributed by atoms with van der Waals surface area (Å²) in [6, 6.07) is 11.6. The largest absolute Gasteiger partial charge is 0.435 e. The number of carbonyl (C=O) groups is 1. The zero-order valence-electron chi connectivity index (χ0n) is 15.7. The SMILES string of the molecule is O=C(Nc1ccc(Cl)cc1)OC(CN1CCO[C@@H](c2cccc(F)c2)C1)C(F)(F)F. The number of amides is 1. The highest BCUT2D eigenvalue weighted by Crippen LogP contribution is 2.28. The fourth-order valence-electron chi connectivity index (χ4n) is 3.03. The van der Waals surface area contributed by atoms with Crippen LogP contribution in [0.2, 0.25) is 5.02 Å². The third-order valence-corrected chi connectivity index (χ3v) is 4.75. The van der Waals surface area contributed by atoms with Crippen LogP contribution in [0.3, 0.4) is 0 Å². The number of hydrogen-bond acceptors (Lipinski definition) is 4. The number of carbonyl (C=O) groups excluding carboxylic acids is 1. The molecule has 1 amide bonds. The van der Waals surface area contributed by atoms with Crippen LogP contribution in [0.25, 0.3) is 0 Å². The second kappa shape index (κ2) is 9.63. The van der Waals surface area contributed by atoms with Gasteiger partial charge in [-0.15, -0.1) is 0 Å². The van der Waals surface area contributed by atoms with Gasteiger partial charge in [0.15, 0.2) is 0 Å². The van der Waals surface area contributed by atoms with Crippen LogP contribution in [0, 0.1) is 5.82 Å². The molecule has 10 heteroatoms. The van der Waals surface area contributed by atoms with E-state index < -0.39 is 36.8 Å². The van der Waals surface area contributed by atoms with E-state index in [4.69, 9.17) is 16.3 Å². The molecule has 1 N–H and O–H groups in total. The van der Waals surface area contributed by atoms with Gasteiger partial charge in [-0.3, -0.25) is 10.2 Å². The predicted octanol–water partition coefficient (Wildman–Crippen LogP) is 5.03. The van der Waals surface area contributed by atoms with Gasteiger partial charge >= 0.3 is 12.3 Å². The van der Waals surface area contributed by atoms with Crippen molar-refractivity contribution in [3.8, 4) is 0 Å². The van der Waals surface area contributed by atoms with Crippen molar-refractivity contribution < 1.29 is 31.8 Å². The van der Waals surface area contributed by atoms with Crippen LogP contribution in [-0.4, -0.2) is 49.5 Å². The smallest absolute Gasteiger partial charge is 0.426 e. The van der Waals surface area contributed by atoms with Crippen molar-refractivity contribution in [3.63, 3.8) is 0 Å². The second-order valence-electron chi connectivity index (χ2n) is 6.74. The Morgan fingerprint density at radius 3 is 2.67 bits per heavy atom. The third kappa shape index (κ3) is 6.32.